The lowest BCUT2D eigenvalue weighted by molar-refractivity contribution is 0.653. The van der Waals surface area contributed by atoms with Crippen LogP contribution in [0.5, 0.6) is 0 Å². The molecule has 1 aromatic carbocycles. The summed E-state index contributed by atoms with van der Waals surface area (Å²) in [5.41, 5.74) is 2.84. The van der Waals surface area contributed by atoms with E-state index < -0.39 is 0 Å². The normalized spacial score (nSPS) is 15.0. The standard InChI is InChI=1S/C18H18ClN5O/c1-22-12-21-16-10-13(2-3-14(16)18(22)25)23-6-8-24(9-7-23)17-4-5-20-11-15(17)19/h2-5,10-12H,6-9H2,1H3. The fourth-order valence-corrected chi connectivity index (χ4v) is 3.46. The smallest absolute Gasteiger partial charge is 0.260 e. The molecule has 0 spiro atoms. The van der Waals surface area contributed by atoms with Crippen LogP contribution in [0.15, 0.2) is 47.8 Å². The third-order valence-electron chi connectivity index (χ3n) is 4.64. The van der Waals surface area contributed by atoms with Crippen LogP contribution in [-0.4, -0.2) is 40.7 Å². The van der Waals surface area contributed by atoms with Gasteiger partial charge < -0.3 is 14.4 Å². The number of pyridine rings is 1. The number of benzene rings is 1. The second-order valence-corrected chi connectivity index (χ2v) is 6.57. The van der Waals surface area contributed by atoms with Crippen LogP contribution < -0.4 is 15.4 Å². The summed E-state index contributed by atoms with van der Waals surface area (Å²) < 4.78 is 1.50. The lowest BCUT2D eigenvalue weighted by atomic mass is 10.2. The molecule has 0 N–H and O–H groups in total. The van der Waals surface area contributed by atoms with Crippen LogP contribution in [0.3, 0.4) is 0 Å². The molecule has 0 radical (unpaired) electrons. The fraction of sp³-hybridized carbons (Fsp3) is 0.278. The van der Waals surface area contributed by atoms with Crippen LogP contribution in [0.1, 0.15) is 0 Å². The molecule has 1 fully saturated rings. The molecule has 0 saturated carbocycles. The number of halogens is 1. The van der Waals surface area contributed by atoms with E-state index >= 15 is 0 Å². The maximum Gasteiger partial charge on any atom is 0.260 e. The second-order valence-electron chi connectivity index (χ2n) is 6.16. The van der Waals surface area contributed by atoms with Gasteiger partial charge in [-0.2, -0.15) is 0 Å². The SMILES string of the molecule is Cn1cnc2cc(N3CCN(c4ccncc4Cl)CC3)ccc2c1=O. The quantitative estimate of drug-likeness (QED) is 0.706. The predicted molar refractivity (Wildman–Crippen MR) is 101 cm³/mol. The fourth-order valence-electron chi connectivity index (χ4n) is 3.23. The van der Waals surface area contributed by atoms with Crippen molar-refractivity contribution in [3.05, 3.63) is 58.4 Å². The predicted octanol–water partition coefficient (Wildman–Crippen LogP) is 2.31. The Labute approximate surface area is 150 Å². The number of aromatic nitrogens is 3. The van der Waals surface area contributed by atoms with Gasteiger partial charge in [0.1, 0.15) is 0 Å². The Balaban J connectivity index is 1.55. The molecule has 1 aliphatic heterocycles. The Morgan fingerprint density at radius 1 is 1.08 bits per heavy atom. The third-order valence-corrected chi connectivity index (χ3v) is 4.93. The minimum Gasteiger partial charge on any atom is -0.368 e. The summed E-state index contributed by atoms with van der Waals surface area (Å²) in [5, 5.41) is 1.33. The number of nitrogens with zero attached hydrogens (tertiary/aromatic N) is 5. The molecule has 25 heavy (non-hydrogen) atoms. The minimum absolute atomic E-state index is 0.0197. The highest BCUT2D eigenvalue weighted by Crippen LogP contribution is 2.27. The minimum atomic E-state index is -0.0197. The second kappa shape index (κ2) is 6.37. The summed E-state index contributed by atoms with van der Waals surface area (Å²) in [6.07, 6.45) is 5.01. The highest BCUT2D eigenvalue weighted by Gasteiger charge is 2.19. The van der Waals surface area contributed by atoms with E-state index in [0.29, 0.717) is 10.4 Å². The van der Waals surface area contributed by atoms with E-state index in [2.05, 4.69) is 19.8 Å². The molecular formula is C18H18ClN5O. The molecule has 0 unspecified atom stereocenters. The zero-order valence-electron chi connectivity index (χ0n) is 13.9. The van der Waals surface area contributed by atoms with E-state index in [1.165, 1.54) is 4.57 Å². The average molecular weight is 356 g/mol. The van der Waals surface area contributed by atoms with Gasteiger partial charge in [-0.15, -0.1) is 0 Å². The topological polar surface area (TPSA) is 54.3 Å². The average Bonchev–Trinajstić information content (AvgIpc) is 2.65. The number of aryl methyl sites for hydroxylation is 1. The van der Waals surface area contributed by atoms with Crippen LogP contribution in [0.25, 0.3) is 10.9 Å². The number of hydrogen-bond acceptors (Lipinski definition) is 5. The Morgan fingerprint density at radius 2 is 1.84 bits per heavy atom. The molecule has 0 bridgehead atoms. The van der Waals surface area contributed by atoms with Crippen LogP contribution in [-0.2, 0) is 7.05 Å². The lowest BCUT2D eigenvalue weighted by Crippen LogP contribution is -2.46. The summed E-state index contributed by atoms with van der Waals surface area (Å²) in [5.74, 6) is 0. The number of piperazine rings is 1. The van der Waals surface area contributed by atoms with E-state index in [9.17, 15) is 4.79 Å². The van der Waals surface area contributed by atoms with Crippen LogP contribution in [0.2, 0.25) is 5.02 Å². The van der Waals surface area contributed by atoms with Crippen molar-refractivity contribution in [3.63, 3.8) is 0 Å². The number of rotatable bonds is 2. The maximum absolute atomic E-state index is 12.1. The molecule has 4 rings (SSSR count). The molecule has 7 heteroatoms. The molecule has 6 nitrogen and oxygen atoms in total. The van der Waals surface area contributed by atoms with Gasteiger partial charge in [-0.25, -0.2) is 4.98 Å². The molecule has 0 atom stereocenters. The zero-order chi connectivity index (χ0) is 17.4. The van der Waals surface area contributed by atoms with Crippen molar-refractivity contribution in [3.8, 4) is 0 Å². The first kappa shape index (κ1) is 15.9. The summed E-state index contributed by atoms with van der Waals surface area (Å²) in [7, 11) is 1.71. The summed E-state index contributed by atoms with van der Waals surface area (Å²) in [6.45, 7) is 3.53. The van der Waals surface area contributed by atoms with Gasteiger partial charge in [0.05, 0.1) is 27.9 Å². The van der Waals surface area contributed by atoms with E-state index in [-0.39, 0.29) is 5.56 Å². The van der Waals surface area contributed by atoms with Crippen molar-refractivity contribution >= 4 is 33.9 Å². The van der Waals surface area contributed by atoms with E-state index in [0.717, 1.165) is 43.1 Å². The highest BCUT2D eigenvalue weighted by atomic mass is 35.5. The van der Waals surface area contributed by atoms with Gasteiger partial charge in [0, 0.05) is 51.3 Å². The number of fused-ring (bicyclic) bond motifs is 1. The molecule has 0 amide bonds. The van der Waals surface area contributed by atoms with E-state index in [1.54, 1.807) is 25.8 Å². The van der Waals surface area contributed by atoms with Gasteiger partial charge in [0.2, 0.25) is 0 Å². The Kier molecular flexibility index (Phi) is 4.05. The van der Waals surface area contributed by atoms with Crippen molar-refractivity contribution in [2.75, 3.05) is 36.0 Å². The van der Waals surface area contributed by atoms with Gasteiger partial charge in [-0.05, 0) is 24.3 Å². The third kappa shape index (κ3) is 2.93. The first-order chi connectivity index (χ1) is 12.1. The van der Waals surface area contributed by atoms with E-state index in [1.807, 2.05) is 24.3 Å². The highest BCUT2D eigenvalue weighted by molar-refractivity contribution is 6.33. The van der Waals surface area contributed by atoms with Gasteiger partial charge in [0.15, 0.2) is 0 Å². The zero-order valence-corrected chi connectivity index (χ0v) is 14.6. The van der Waals surface area contributed by atoms with Crippen molar-refractivity contribution in [1.29, 1.82) is 0 Å². The summed E-state index contributed by atoms with van der Waals surface area (Å²) in [4.78, 5) is 25.1. The Hall–Kier alpha value is -2.60. The molecule has 1 saturated heterocycles. The first-order valence-electron chi connectivity index (χ1n) is 8.18. The number of anilines is 2. The van der Waals surface area contributed by atoms with Crippen LogP contribution in [0.4, 0.5) is 11.4 Å². The monoisotopic (exact) mass is 355 g/mol. The van der Waals surface area contributed by atoms with E-state index in [4.69, 9.17) is 11.6 Å². The van der Waals surface area contributed by atoms with Gasteiger partial charge in [0.25, 0.3) is 5.56 Å². The lowest BCUT2D eigenvalue weighted by Gasteiger charge is -2.37. The van der Waals surface area contributed by atoms with Crippen LogP contribution >= 0.6 is 11.6 Å². The van der Waals surface area contributed by atoms with Gasteiger partial charge in [-0.3, -0.25) is 9.78 Å². The van der Waals surface area contributed by atoms with Crippen molar-refractivity contribution in [1.82, 2.24) is 14.5 Å². The molecular weight excluding hydrogens is 338 g/mol. The van der Waals surface area contributed by atoms with Crippen molar-refractivity contribution in [2.24, 2.45) is 7.05 Å². The summed E-state index contributed by atoms with van der Waals surface area (Å²) in [6, 6.07) is 7.81. The summed E-state index contributed by atoms with van der Waals surface area (Å²) >= 11 is 6.25. The molecule has 2 aromatic heterocycles. The maximum atomic E-state index is 12.1. The molecule has 3 heterocycles. The Bertz CT molecular complexity index is 979. The van der Waals surface area contributed by atoms with Gasteiger partial charge in [-0.1, -0.05) is 11.6 Å². The van der Waals surface area contributed by atoms with Crippen molar-refractivity contribution in [2.45, 2.75) is 0 Å². The first-order valence-corrected chi connectivity index (χ1v) is 8.56. The largest absolute Gasteiger partial charge is 0.368 e. The van der Waals surface area contributed by atoms with Gasteiger partial charge >= 0.3 is 0 Å². The van der Waals surface area contributed by atoms with Crippen LogP contribution in [0, 0.1) is 0 Å². The molecule has 3 aromatic rings. The molecule has 128 valence electrons. The molecule has 0 aliphatic carbocycles. The number of hydrogen-bond donors (Lipinski definition) is 0. The molecule has 1 aliphatic rings. The van der Waals surface area contributed by atoms with Crippen molar-refractivity contribution < 1.29 is 0 Å². The Morgan fingerprint density at radius 3 is 2.60 bits per heavy atom.